The minimum Gasteiger partial charge on any atom is -0.494 e. The average molecular weight is 831 g/mol. The highest BCUT2D eigenvalue weighted by atomic mass is 35.5. The van der Waals surface area contributed by atoms with E-state index in [4.69, 9.17) is 26.1 Å². The number of nitrogens with zero attached hydrogens (tertiary/aromatic N) is 7. The number of methoxy groups -OCH3 is 1. The number of anilines is 1. The molecule has 60 heavy (non-hydrogen) atoms. The van der Waals surface area contributed by atoms with Crippen molar-refractivity contribution in [3.63, 3.8) is 0 Å². The molecule has 2 amide bonds. The Hall–Kier alpha value is -5.71. The third-order valence-corrected chi connectivity index (χ3v) is 13.1. The summed E-state index contributed by atoms with van der Waals surface area (Å²) in [5.41, 5.74) is 5.33. The molecule has 3 saturated heterocycles. The lowest BCUT2D eigenvalue weighted by Crippen LogP contribution is -2.44. The fourth-order valence-electron chi connectivity index (χ4n) is 9.15. The summed E-state index contributed by atoms with van der Waals surface area (Å²) in [7, 11) is 3.26. The SMILES string of the molecule is COc1c(Cl)cc(C(C)(C)c2ccc(OCc3ccnc(N4CCC(CN5CCC(c6ccc7c(c6)n(C)c(=O)n7C6CCC(=O)NC6=O)CC5)CC4)n3)cc2)cc1C#N. The topological polar surface area (TPSA) is 148 Å². The van der Waals surface area contributed by atoms with Gasteiger partial charge in [-0.25, -0.2) is 14.8 Å². The zero-order valence-corrected chi connectivity index (χ0v) is 35.4. The summed E-state index contributed by atoms with van der Waals surface area (Å²) < 4.78 is 14.7. The van der Waals surface area contributed by atoms with Gasteiger partial charge in [0.1, 0.15) is 24.5 Å². The number of halogens is 1. The maximum absolute atomic E-state index is 13.3. The van der Waals surface area contributed by atoms with Crippen molar-refractivity contribution >= 4 is 40.4 Å². The molecule has 14 heteroatoms. The number of nitriles is 1. The standard InChI is InChI=1S/C46H51ClN8O5/c1-46(2,34-23-32(26-48)42(59-4)37(47)25-34)33-6-8-36(9-7-33)60-28-35-13-18-49-44(50-35)54-21-14-29(15-22-54)27-53-19-16-30(17-20-53)31-5-10-38-40(24-31)52(3)45(58)55(38)39-11-12-41(56)51-43(39)57/h5-10,13,18,23-25,29-30,39H,11-12,14-17,19-22,27-28H2,1-4H3,(H,51,56,57). The zero-order chi connectivity index (χ0) is 42.1. The molecule has 0 radical (unpaired) electrons. The van der Waals surface area contributed by atoms with Gasteiger partial charge in [0.05, 0.1) is 34.4 Å². The number of carbonyl (C=O) groups excluding carboxylic acids is 2. The van der Waals surface area contributed by atoms with Crippen molar-refractivity contribution in [2.45, 2.75) is 76.4 Å². The Morgan fingerprint density at radius 3 is 2.37 bits per heavy atom. The van der Waals surface area contributed by atoms with Gasteiger partial charge in [-0.15, -0.1) is 0 Å². The minimum absolute atomic E-state index is 0.226. The molecule has 8 rings (SSSR count). The highest BCUT2D eigenvalue weighted by Crippen LogP contribution is 2.39. The summed E-state index contributed by atoms with van der Waals surface area (Å²) >= 11 is 6.46. The van der Waals surface area contributed by atoms with Crippen LogP contribution in [0.2, 0.25) is 5.02 Å². The third kappa shape index (κ3) is 8.23. The quantitative estimate of drug-likeness (QED) is 0.144. The lowest BCUT2D eigenvalue weighted by atomic mass is 9.77. The number of rotatable bonds is 11. The molecule has 5 heterocycles. The van der Waals surface area contributed by atoms with Gasteiger partial charge < -0.3 is 19.3 Å². The number of amides is 2. The third-order valence-electron chi connectivity index (χ3n) is 12.9. The van der Waals surface area contributed by atoms with Crippen LogP contribution in [0.1, 0.15) is 92.3 Å². The molecule has 1 atom stereocenters. The molecule has 0 spiro atoms. The number of fused-ring (bicyclic) bond motifs is 1. The van der Waals surface area contributed by atoms with Crippen LogP contribution in [-0.4, -0.2) is 75.7 Å². The number of aryl methyl sites for hydroxylation is 1. The molecule has 312 valence electrons. The monoisotopic (exact) mass is 830 g/mol. The molecule has 3 aliphatic heterocycles. The maximum atomic E-state index is 13.3. The van der Waals surface area contributed by atoms with Crippen LogP contribution in [0.15, 0.2) is 71.7 Å². The smallest absolute Gasteiger partial charge is 0.329 e. The van der Waals surface area contributed by atoms with Crippen molar-refractivity contribution in [2.75, 3.05) is 44.7 Å². The number of nitrogens with one attached hydrogen (secondary N) is 1. The minimum atomic E-state index is -0.678. The van der Waals surface area contributed by atoms with Gasteiger partial charge >= 0.3 is 5.69 Å². The Bertz CT molecular complexity index is 2510. The van der Waals surface area contributed by atoms with Crippen LogP contribution in [0.5, 0.6) is 11.5 Å². The van der Waals surface area contributed by atoms with E-state index >= 15 is 0 Å². The van der Waals surface area contributed by atoms with Gasteiger partial charge in [0.15, 0.2) is 5.75 Å². The van der Waals surface area contributed by atoms with Crippen LogP contribution in [-0.2, 0) is 28.7 Å². The molecule has 13 nitrogen and oxygen atoms in total. The second-order valence-corrected chi connectivity index (χ2v) is 17.3. The maximum Gasteiger partial charge on any atom is 0.329 e. The molecule has 3 aromatic carbocycles. The number of piperidine rings is 3. The Labute approximate surface area is 354 Å². The lowest BCUT2D eigenvalue weighted by molar-refractivity contribution is -0.135. The normalized spacial score (nSPS) is 18.4. The van der Waals surface area contributed by atoms with Crippen LogP contribution in [0.4, 0.5) is 5.95 Å². The molecule has 3 fully saturated rings. The van der Waals surface area contributed by atoms with Crippen molar-refractivity contribution in [3.8, 4) is 17.6 Å². The van der Waals surface area contributed by atoms with E-state index in [0.717, 1.165) is 98.0 Å². The predicted molar refractivity (Wildman–Crippen MR) is 230 cm³/mol. The molecule has 3 aliphatic rings. The number of likely N-dealkylation sites (tertiary alicyclic amines) is 1. The van der Waals surface area contributed by atoms with E-state index in [1.165, 1.54) is 12.7 Å². The molecular formula is C46H51ClN8O5. The second-order valence-electron chi connectivity index (χ2n) is 16.9. The predicted octanol–water partition coefficient (Wildman–Crippen LogP) is 6.64. The summed E-state index contributed by atoms with van der Waals surface area (Å²) in [6.45, 7) is 9.50. The highest BCUT2D eigenvalue weighted by molar-refractivity contribution is 6.32. The van der Waals surface area contributed by atoms with Gasteiger partial charge in [-0.2, -0.15) is 5.26 Å². The number of aromatic nitrogens is 4. The summed E-state index contributed by atoms with van der Waals surface area (Å²) in [6.07, 6.45) is 6.65. The van der Waals surface area contributed by atoms with Crippen molar-refractivity contribution in [1.29, 1.82) is 5.26 Å². The van der Waals surface area contributed by atoms with E-state index in [1.54, 1.807) is 16.2 Å². The van der Waals surface area contributed by atoms with Crippen LogP contribution in [0, 0.1) is 17.2 Å². The van der Waals surface area contributed by atoms with E-state index in [2.05, 4.69) is 52.2 Å². The highest BCUT2D eigenvalue weighted by Gasteiger charge is 2.32. The van der Waals surface area contributed by atoms with Crippen molar-refractivity contribution in [3.05, 3.63) is 110 Å². The summed E-state index contributed by atoms with van der Waals surface area (Å²) in [6, 6.07) is 21.3. The van der Waals surface area contributed by atoms with Gasteiger partial charge in [0, 0.05) is 44.7 Å². The molecule has 1 unspecified atom stereocenters. The molecule has 0 saturated carbocycles. The van der Waals surface area contributed by atoms with E-state index in [-0.39, 0.29) is 18.0 Å². The molecular weight excluding hydrogens is 780 g/mol. The van der Waals surface area contributed by atoms with Crippen molar-refractivity contribution < 1.29 is 19.1 Å². The van der Waals surface area contributed by atoms with Gasteiger partial charge in [-0.3, -0.25) is 24.0 Å². The van der Waals surface area contributed by atoms with E-state index in [1.807, 2.05) is 54.7 Å². The molecule has 0 bridgehead atoms. The Morgan fingerprint density at radius 2 is 1.67 bits per heavy atom. The van der Waals surface area contributed by atoms with Gasteiger partial charge in [-0.1, -0.05) is 43.6 Å². The van der Waals surface area contributed by atoms with Crippen LogP contribution in [0.3, 0.4) is 0 Å². The van der Waals surface area contributed by atoms with Crippen molar-refractivity contribution in [1.82, 2.24) is 29.3 Å². The van der Waals surface area contributed by atoms with Crippen molar-refractivity contribution in [2.24, 2.45) is 13.0 Å². The number of imidazole rings is 1. The Balaban J connectivity index is 0.809. The van der Waals surface area contributed by atoms with E-state index < -0.39 is 17.4 Å². The number of hydrogen-bond donors (Lipinski definition) is 1. The van der Waals surface area contributed by atoms with Gasteiger partial charge in [-0.05, 0) is 116 Å². The van der Waals surface area contributed by atoms with Crippen LogP contribution >= 0.6 is 11.6 Å². The van der Waals surface area contributed by atoms with Gasteiger partial charge in [0.25, 0.3) is 0 Å². The zero-order valence-electron chi connectivity index (χ0n) is 34.6. The fraction of sp³-hybridized carbons (Fsp3) is 0.435. The van der Waals surface area contributed by atoms with E-state index in [0.29, 0.717) is 41.2 Å². The van der Waals surface area contributed by atoms with Crippen LogP contribution in [0.25, 0.3) is 11.0 Å². The van der Waals surface area contributed by atoms with Crippen LogP contribution < -0.4 is 25.4 Å². The first-order chi connectivity index (χ1) is 28.9. The fourth-order valence-corrected chi connectivity index (χ4v) is 9.44. The summed E-state index contributed by atoms with van der Waals surface area (Å²) in [5.74, 6) is 2.18. The number of carbonyl (C=O) groups is 2. The Kier molecular flexibility index (Phi) is 11.7. The summed E-state index contributed by atoms with van der Waals surface area (Å²) in [4.78, 5) is 51.9. The Morgan fingerprint density at radius 1 is 0.917 bits per heavy atom. The second kappa shape index (κ2) is 17.1. The molecule has 0 aliphatic carbocycles. The average Bonchev–Trinajstić information content (AvgIpc) is 3.51. The number of benzene rings is 3. The first-order valence-corrected chi connectivity index (χ1v) is 21.2. The molecule has 1 N–H and O–H groups in total. The van der Waals surface area contributed by atoms with Gasteiger partial charge in [0.2, 0.25) is 17.8 Å². The first kappa shape index (κ1) is 41.0. The number of hydrogen-bond acceptors (Lipinski definition) is 10. The molecule has 2 aromatic heterocycles. The summed E-state index contributed by atoms with van der Waals surface area (Å²) in [5, 5.41) is 12.4. The largest absolute Gasteiger partial charge is 0.494 e. The number of ether oxygens (including phenoxy) is 2. The van der Waals surface area contributed by atoms with E-state index in [9.17, 15) is 19.6 Å². The molecule has 5 aromatic rings. The lowest BCUT2D eigenvalue weighted by Gasteiger charge is -2.38. The first-order valence-electron chi connectivity index (χ1n) is 20.8. The number of imide groups is 1.